The summed E-state index contributed by atoms with van der Waals surface area (Å²) in [6, 6.07) is 9.03. The number of nitrogens with zero attached hydrogens (tertiary/aromatic N) is 2. The lowest BCUT2D eigenvalue weighted by Crippen LogP contribution is -2.38. The summed E-state index contributed by atoms with van der Waals surface area (Å²) in [6.07, 6.45) is 0. The second kappa shape index (κ2) is 8.09. The summed E-state index contributed by atoms with van der Waals surface area (Å²) in [5.41, 5.74) is 1.22. The molecular weight excluding hydrogens is 326 g/mol. The van der Waals surface area contributed by atoms with Crippen LogP contribution in [-0.4, -0.2) is 55.1 Å². The zero-order valence-corrected chi connectivity index (χ0v) is 14.2. The molecule has 25 heavy (non-hydrogen) atoms. The van der Waals surface area contributed by atoms with Crippen LogP contribution in [0.15, 0.2) is 34.9 Å². The van der Waals surface area contributed by atoms with Gasteiger partial charge in [0.25, 0.3) is 5.91 Å². The Hall–Kier alpha value is -3.16. The van der Waals surface area contributed by atoms with Crippen LogP contribution in [0.25, 0.3) is 11.3 Å². The van der Waals surface area contributed by atoms with Crippen molar-refractivity contribution >= 4 is 17.8 Å². The Balaban J connectivity index is 1.99. The van der Waals surface area contributed by atoms with Crippen LogP contribution < -0.4 is 5.32 Å². The fourth-order valence-electron chi connectivity index (χ4n) is 1.99. The maximum Gasteiger partial charge on any atom is 0.344 e. The number of esters is 1. The molecule has 0 aliphatic carbocycles. The van der Waals surface area contributed by atoms with Crippen LogP contribution in [0.2, 0.25) is 0 Å². The van der Waals surface area contributed by atoms with Gasteiger partial charge in [-0.15, -0.1) is 0 Å². The Bertz CT molecular complexity index is 768. The molecule has 0 aliphatic heterocycles. The number of carbonyl (C=O) groups is 3. The molecule has 0 aliphatic rings. The predicted octanol–water partition coefficient (Wildman–Crippen LogP) is 1.01. The summed E-state index contributed by atoms with van der Waals surface area (Å²) in [7, 11) is 3.16. The van der Waals surface area contributed by atoms with Crippen LogP contribution >= 0.6 is 0 Å². The first kappa shape index (κ1) is 18.2. The van der Waals surface area contributed by atoms with Gasteiger partial charge in [0.15, 0.2) is 6.61 Å². The highest BCUT2D eigenvalue weighted by Crippen LogP contribution is 2.25. The second-order valence-corrected chi connectivity index (χ2v) is 5.47. The van der Waals surface area contributed by atoms with Crippen molar-refractivity contribution in [2.24, 2.45) is 0 Å². The number of hydrogen-bond donors (Lipinski definition) is 1. The molecular formula is C17H19N3O5. The Morgan fingerprint density at radius 1 is 1.20 bits per heavy atom. The average Bonchev–Trinajstić information content (AvgIpc) is 2.99. The maximum atomic E-state index is 12.3. The third-order valence-electron chi connectivity index (χ3n) is 3.38. The van der Waals surface area contributed by atoms with E-state index in [0.29, 0.717) is 17.0 Å². The Morgan fingerprint density at radius 2 is 1.88 bits per heavy atom. The zero-order valence-electron chi connectivity index (χ0n) is 14.2. The first-order chi connectivity index (χ1) is 11.9. The molecule has 0 spiro atoms. The normalized spacial score (nSPS) is 10.2. The van der Waals surface area contributed by atoms with Gasteiger partial charge in [0.2, 0.25) is 5.91 Å². The van der Waals surface area contributed by atoms with Crippen molar-refractivity contribution in [1.29, 1.82) is 0 Å². The number of likely N-dealkylation sites (N-methyl/N-ethyl adjacent to an activating group) is 1. The molecule has 132 valence electrons. The molecule has 1 heterocycles. The predicted molar refractivity (Wildman–Crippen MR) is 88.7 cm³/mol. The van der Waals surface area contributed by atoms with E-state index in [-0.39, 0.29) is 18.0 Å². The molecule has 0 bridgehead atoms. The van der Waals surface area contributed by atoms with Crippen LogP contribution in [0.3, 0.4) is 0 Å². The van der Waals surface area contributed by atoms with Crippen LogP contribution in [0, 0.1) is 6.92 Å². The number of aromatic nitrogens is 1. The van der Waals surface area contributed by atoms with Crippen molar-refractivity contribution < 1.29 is 23.6 Å². The third-order valence-corrected chi connectivity index (χ3v) is 3.38. The summed E-state index contributed by atoms with van der Waals surface area (Å²) >= 11 is 0. The van der Waals surface area contributed by atoms with Gasteiger partial charge in [-0.25, -0.2) is 4.79 Å². The summed E-state index contributed by atoms with van der Waals surface area (Å²) < 4.78 is 10.1. The SMILES string of the molecule is Cc1onc(-c2ccccc2)c1C(=O)OCC(=O)NCC(=O)N(C)C. The fourth-order valence-corrected chi connectivity index (χ4v) is 1.99. The van der Waals surface area contributed by atoms with E-state index in [4.69, 9.17) is 9.26 Å². The number of carbonyl (C=O) groups excluding carboxylic acids is 3. The van der Waals surface area contributed by atoms with Crippen LogP contribution in [0.4, 0.5) is 0 Å². The van der Waals surface area contributed by atoms with Crippen molar-refractivity contribution in [3.63, 3.8) is 0 Å². The van der Waals surface area contributed by atoms with Crippen LogP contribution in [0.1, 0.15) is 16.1 Å². The minimum Gasteiger partial charge on any atom is -0.452 e. The van der Waals surface area contributed by atoms with E-state index < -0.39 is 18.5 Å². The van der Waals surface area contributed by atoms with Crippen molar-refractivity contribution in [1.82, 2.24) is 15.4 Å². The number of hydrogen-bond acceptors (Lipinski definition) is 6. The number of nitrogens with one attached hydrogen (secondary N) is 1. The molecule has 2 amide bonds. The lowest BCUT2D eigenvalue weighted by atomic mass is 10.1. The van der Waals surface area contributed by atoms with Gasteiger partial charge < -0.3 is 19.5 Å². The number of rotatable bonds is 6. The summed E-state index contributed by atoms with van der Waals surface area (Å²) in [6.45, 7) is 0.926. The van der Waals surface area contributed by atoms with Gasteiger partial charge in [0, 0.05) is 19.7 Å². The molecule has 2 aromatic rings. The van der Waals surface area contributed by atoms with Crippen LogP contribution in [0.5, 0.6) is 0 Å². The Labute approximate surface area is 144 Å². The van der Waals surface area contributed by atoms with E-state index in [0.717, 1.165) is 0 Å². The molecule has 0 unspecified atom stereocenters. The molecule has 0 saturated carbocycles. The standard InChI is InChI=1S/C17H19N3O5/c1-11-15(16(19-25-11)12-7-5-4-6-8-12)17(23)24-10-13(21)18-9-14(22)20(2)3/h4-8H,9-10H2,1-3H3,(H,18,21). The lowest BCUT2D eigenvalue weighted by molar-refractivity contribution is -0.131. The fraction of sp³-hybridized carbons (Fsp3) is 0.294. The number of benzene rings is 1. The molecule has 8 nitrogen and oxygen atoms in total. The number of amides is 2. The van der Waals surface area contributed by atoms with Gasteiger partial charge in [-0.2, -0.15) is 0 Å². The van der Waals surface area contributed by atoms with Crippen molar-refractivity contribution in [2.75, 3.05) is 27.2 Å². The summed E-state index contributed by atoms with van der Waals surface area (Å²) in [4.78, 5) is 36.7. The minimum atomic E-state index is -0.716. The number of aryl methyl sites for hydroxylation is 1. The van der Waals surface area contributed by atoms with Gasteiger partial charge in [-0.1, -0.05) is 35.5 Å². The van der Waals surface area contributed by atoms with Crippen LogP contribution in [-0.2, 0) is 14.3 Å². The summed E-state index contributed by atoms with van der Waals surface area (Å²) in [5.74, 6) is -1.25. The van der Waals surface area contributed by atoms with E-state index >= 15 is 0 Å². The quantitative estimate of drug-likeness (QED) is 0.784. The highest BCUT2D eigenvalue weighted by Gasteiger charge is 2.23. The van der Waals surface area contributed by atoms with Gasteiger partial charge in [0.1, 0.15) is 17.0 Å². The molecule has 1 N–H and O–H groups in total. The topological polar surface area (TPSA) is 102 Å². The summed E-state index contributed by atoms with van der Waals surface area (Å²) in [5, 5.41) is 6.27. The van der Waals surface area contributed by atoms with E-state index in [9.17, 15) is 14.4 Å². The van der Waals surface area contributed by atoms with Crippen molar-refractivity contribution in [2.45, 2.75) is 6.92 Å². The average molecular weight is 345 g/mol. The minimum absolute atomic E-state index is 0.162. The van der Waals surface area contributed by atoms with Gasteiger partial charge in [-0.3, -0.25) is 9.59 Å². The molecule has 0 fully saturated rings. The molecule has 2 rings (SSSR count). The monoisotopic (exact) mass is 345 g/mol. The van der Waals surface area contributed by atoms with E-state index in [1.807, 2.05) is 18.2 Å². The highest BCUT2D eigenvalue weighted by molar-refractivity contribution is 5.98. The van der Waals surface area contributed by atoms with E-state index in [2.05, 4.69) is 10.5 Å². The molecule has 0 atom stereocenters. The van der Waals surface area contributed by atoms with E-state index in [1.54, 1.807) is 33.2 Å². The lowest BCUT2D eigenvalue weighted by Gasteiger charge is -2.11. The van der Waals surface area contributed by atoms with E-state index in [1.165, 1.54) is 4.90 Å². The molecule has 8 heteroatoms. The Kier molecular flexibility index (Phi) is 5.89. The van der Waals surface area contributed by atoms with Crippen molar-refractivity contribution in [3.05, 3.63) is 41.7 Å². The molecule has 1 aromatic carbocycles. The molecule has 0 radical (unpaired) electrons. The molecule has 0 saturated heterocycles. The first-order valence-corrected chi connectivity index (χ1v) is 7.55. The third kappa shape index (κ3) is 4.66. The maximum absolute atomic E-state index is 12.3. The van der Waals surface area contributed by atoms with Crippen molar-refractivity contribution in [3.8, 4) is 11.3 Å². The largest absolute Gasteiger partial charge is 0.452 e. The van der Waals surface area contributed by atoms with Gasteiger partial charge >= 0.3 is 5.97 Å². The number of ether oxygens (including phenoxy) is 1. The highest BCUT2D eigenvalue weighted by atomic mass is 16.5. The molecule has 1 aromatic heterocycles. The zero-order chi connectivity index (χ0) is 18.4. The smallest absolute Gasteiger partial charge is 0.344 e. The van der Waals surface area contributed by atoms with Gasteiger partial charge in [0.05, 0.1) is 6.54 Å². The van der Waals surface area contributed by atoms with Gasteiger partial charge in [-0.05, 0) is 6.92 Å². The first-order valence-electron chi connectivity index (χ1n) is 7.55. The second-order valence-electron chi connectivity index (χ2n) is 5.47. The Morgan fingerprint density at radius 3 is 2.52 bits per heavy atom.